The first-order chi connectivity index (χ1) is 11.9. The summed E-state index contributed by atoms with van der Waals surface area (Å²) in [6, 6.07) is 4.67. The number of aromatic amines is 1. The number of rotatable bonds is 4. The van der Waals surface area contributed by atoms with Gasteiger partial charge >= 0.3 is 5.97 Å². The second-order valence-electron chi connectivity index (χ2n) is 5.40. The molecule has 6 nitrogen and oxygen atoms in total. The van der Waals surface area contributed by atoms with Gasteiger partial charge in [0.1, 0.15) is 28.6 Å². The summed E-state index contributed by atoms with van der Waals surface area (Å²) in [5.41, 5.74) is 0.889. The summed E-state index contributed by atoms with van der Waals surface area (Å²) in [5.74, 6) is 0.0320. The second-order valence-corrected chi connectivity index (χ2v) is 7.04. The maximum Gasteiger partial charge on any atom is 0.342 e. The van der Waals surface area contributed by atoms with Crippen molar-refractivity contribution >= 4 is 39.1 Å². The smallest absolute Gasteiger partial charge is 0.342 e. The van der Waals surface area contributed by atoms with Crippen LogP contribution in [0.2, 0.25) is 5.02 Å². The first-order valence-corrected chi connectivity index (χ1v) is 8.59. The summed E-state index contributed by atoms with van der Waals surface area (Å²) in [6.45, 7) is 3.66. The number of halogens is 1. The van der Waals surface area contributed by atoms with Gasteiger partial charge in [-0.05, 0) is 37.6 Å². The Morgan fingerprint density at radius 1 is 1.36 bits per heavy atom. The van der Waals surface area contributed by atoms with Crippen molar-refractivity contribution in [2.75, 3.05) is 7.11 Å². The summed E-state index contributed by atoms with van der Waals surface area (Å²) in [7, 11) is 1.45. The van der Waals surface area contributed by atoms with Crippen LogP contribution in [-0.4, -0.2) is 23.0 Å². The highest BCUT2D eigenvalue weighted by molar-refractivity contribution is 7.18. The van der Waals surface area contributed by atoms with E-state index in [2.05, 4.69) is 9.97 Å². The van der Waals surface area contributed by atoms with E-state index >= 15 is 0 Å². The van der Waals surface area contributed by atoms with Crippen molar-refractivity contribution in [1.29, 1.82) is 0 Å². The molecule has 0 fully saturated rings. The number of nitrogens with one attached hydrogen (secondary N) is 1. The summed E-state index contributed by atoms with van der Waals surface area (Å²) >= 11 is 7.35. The molecule has 0 saturated carbocycles. The third kappa shape index (κ3) is 3.38. The Hall–Kier alpha value is -2.38. The van der Waals surface area contributed by atoms with Gasteiger partial charge in [0, 0.05) is 9.90 Å². The molecule has 0 radical (unpaired) electrons. The van der Waals surface area contributed by atoms with Crippen molar-refractivity contribution in [3.63, 3.8) is 0 Å². The monoisotopic (exact) mass is 378 g/mol. The number of H-pyrrole nitrogens is 1. The van der Waals surface area contributed by atoms with E-state index in [1.54, 1.807) is 12.1 Å². The van der Waals surface area contributed by atoms with Crippen LogP contribution in [0.3, 0.4) is 0 Å². The molecule has 130 valence electrons. The van der Waals surface area contributed by atoms with Crippen LogP contribution in [0.1, 0.15) is 26.6 Å². The Morgan fingerprint density at radius 2 is 2.12 bits per heavy atom. The Morgan fingerprint density at radius 3 is 2.84 bits per heavy atom. The largest absolute Gasteiger partial charge is 0.496 e. The number of aryl methyl sites for hydroxylation is 2. The summed E-state index contributed by atoms with van der Waals surface area (Å²) in [5, 5.41) is 0.972. The lowest BCUT2D eigenvalue weighted by Crippen LogP contribution is -2.14. The second kappa shape index (κ2) is 6.85. The average Bonchev–Trinajstić information content (AvgIpc) is 2.87. The maximum absolute atomic E-state index is 12.3. The number of carbonyl (C=O) groups is 1. The van der Waals surface area contributed by atoms with E-state index in [4.69, 9.17) is 21.1 Å². The molecule has 0 spiro atoms. The third-order valence-electron chi connectivity index (χ3n) is 3.81. The molecule has 2 heterocycles. The summed E-state index contributed by atoms with van der Waals surface area (Å²) < 4.78 is 10.4. The quantitative estimate of drug-likeness (QED) is 0.701. The van der Waals surface area contributed by atoms with Crippen molar-refractivity contribution in [3.8, 4) is 5.75 Å². The van der Waals surface area contributed by atoms with Crippen molar-refractivity contribution in [1.82, 2.24) is 9.97 Å². The van der Waals surface area contributed by atoms with E-state index < -0.39 is 5.97 Å². The molecule has 0 aliphatic heterocycles. The number of fused-ring (bicyclic) bond motifs is 1. The number of aromatic nitrogens is 2. The SMILES string of the molecule is COc1ccc(Cl)cc1C(=O)OCc1nc2sc(C)c(C)c2c(=O)[nH]1. The van der Waals surface area contributed by atoms with Gasteiger partial charge in [0.05, 0.1) is 12.5 Å². The van der Waals surface area contributed by atoms with E-state index in [0.717, 1.165) is 10.4 Å². The standard InChI is InChI=1S/C17H15ClN2O4S/c1-8-9(2)25-16-14(8)15(21)19-13(20-16)7-24-17(22)11-6-10(18)4-5-12(11)23-3/h4-6H,7H2,1-3H3,(H,19,20,21). The number of hydrogen-bond donors (Lipinski definition) is 1. The number of ether oxygens (including phenoxy) is 2. The van der Waals surface area contributed by atoms with Gasteiger partial charge in [-0.15, -0.1) is 11.3 Å². The van der Waals surface area contributed by atoms with Gasteiger partial charge in [-0.2, -0.15) is 0 Å². The average molecular weight is 379 g/mol. The molecule has 0 amide bonds. The predicted molar refractivity (Wildman–Crippen MR) is 96.8 cm³/mol. The zero-order valence-electron chi connectivity index (χ0n) is 13.8. The minimum absolute atomic E-state index is 0.157. The van der Waals surface area contributed by atoms with Crippen LogP contribution in [0.25, 0.3) is 10.2 Å². The van der Waals surface area contributed by atoms with Gasteiger partial charge < -0.3 is 14.5 Å². The number of benzene rings is 1. The van der Waals surface area contributed by atoms with Gasteiger partial charge in [-0.25, -0.2) is 9.78 Å². The van der Waals surface area contributed by atoms with Crippen LogP contribution < -0.4 is 10.3 Å². The number of thiophene rings is 1. The fourth-order valence-corrected chi connectivity index (χ4v) is 3.64. The fourth-order valence-electron chi connectivity index (χ4n) is 2.42. The lowest BCUT2D eigenvalue weighted by Gasteiger charge is -2.09. The molecule has 1 aromatic carbocycles. The van der Waals surface area contributed by atoms with E-state index in [1.807, 2.05) is 13.8 Å². The zero-order chi connectivity index (χ0) is 18.1. The van der Waals surface area contributed by atoms with E-state index in [9.17, 15) is 9.59 Å². The molecular weight excluding hydrogens is 364 g/mol. The molecule has 3 aromatic rings. The van der Waals surface area contributed by atoms with Crippen molar-refractivity contribution in [3.05, 3.63) is 55.4 Å². The highest BCUT2D eigenvalue weighted by atomic mass is 35.5. The predicted octanol–water partition coefficient (Wildman–Crippen LogP) is 3.62. The molecule has 3 rings (SSSR count). The molecule has 1 N–H and O–H groups in total. The molecule has 25 heavy (non-hydrogen) atoms. The number of esters is 1. The van der Waals surface area contributed by atoms with E-state index in [1.165, 1.54) is 24.5 Å². The minimum atomic E-state index is -0.611. The summed E-state index contributed by atoms with van der Waals surface area (Å²) in [6.07, 6.45) is 0. The minimum Gasteiger partial charge on any atom is -0.496 e. The molecule has 0 unspecified atom stereocenters. The van der Waals surface area contributed by atoms with Crippen LogP contribution in [0.5, 0.6) is 5.75 Å². The lowest BCUT2D eigenvalue weighted by atomic mass is 10.2. The number of hydrogen-bond acceptors (Lipinski definition) is 6. The number of carbonyl (C=O) groups excluding carboxylic acids is 1. The van der Waals surface area contributed by atoms with Crippen LogP contribution in [0.15, 0.2) is 23.0 Å². The van der Waals surface area contributed by atoms with Gasteiger partial charge in [0.15, 0.2) is 0 Å². The van der Waals surface area contributed by atoms with E-state index in [-0.39, 0.29) is 23.6 Å². The van der Waals surface area contributed by atoms with Gasteiger partial charge in [0.25, 0.3) is 5.56 Å². The molecule has 8 heteroatoms. The first-order valence-electron chi connectivity index (χ1n) is 7.40. The molecule has 0 aliphatic rings. The van der Waals surface area contributed by atoms with Crippen LogP contribution >= 0.6 is 22.9 Å². The highest BCUT2D eigenvalue weighted by Crippen LogP contribution is 2.26. The van der Waals surface area contributed by atoms with Gasteiger partial charge in [-0.1, -0.05) is 11.6 Å². The van der Waals surface area contributed by atoms with Crippen LogP contribution in [0, 0.1) is 13.8 Å². The topological polar surface area (TPSA) is 81.3 Å². The van der Waals surface area contributed by atoms with Crippen molar-refractivity contribution in [2.45, 2.75) is 20.5 Å². The Balaban J connectivity index is 1.84. The van der Waals surface area contributed by atoms with Crippen molar-refractivity contribution < 1.29 is 14.3 Å². The normalized spacial score (nSPS) is 10.9. The van der Waals surface area contributed by atoms with Crippen LogP contribution in [-0.2, 0) is 11.3 Å². The van der Waals surface area contributed by atoms with Gasteiger partial charge in [-0.3, -0.25) is 4.79 Å². The molecule has 0 saturated heterocycles. The molecule has 0 aliphatic carbocycles. The zero-order valence-corrected chi connectivity index (χ0v) is 15.4. The first kappa shape index (κ1) is 17.4. The van der Waals surface area contributed by atoms with Gasteiger partial charge in [0.2, 0.25) is 0 Å². The Labute approximate surface area is 152 Å². The highest BCUT2D eigenvalue weighted by Gasteiger charge is 2.16. The van der Waals surface area contributed by atoms with Crippen molar-refractivity contribution in [2.24, 2.45) is 0 Å². The lowest BCUT2D eigenvalue weighted by molar-refractivity contribution is 0.0458. The number of methoxy groups -OCH3 is 1. The maximum atomic E-state index is 12.3. The Bertz CT molecular complexity index is 1030. The van der Waals surface area contributed by atoms with Crippen LogP contribution in [0.4, 0.5) is 0 Å². The number of nitrogens with zero attached hydrogens (tertiary/aromatic N) is 1. The molecule has 2 aromatic heterocycles. The molecule has 0 atom stereocenters. The Kier molecular flexibility index (Phi) is 4.78. The third-order valence-corrected chi connectivity index (χ3v) is 5.15. The molecule has 0 bridgehead atoms. The molecular formula is C17H15ClN2O4S. The van der Waals surface area contributed by atoms with E-state index in [0.29, 0.717) is 21.0 Å². The summed E-state index contributed by atoms with van der Waals surface area (Å²) in [4.78, 5) is 33.2. The fraction of sp³-hybridized carbons (Fsp3) is 0.235.